The van der Waals surface area contributed by atoms with Crippen molar-refractivity contribution in [3.8, 4) is 0 Å². The van der Waals surface area contributed by atoms with Crippen LogP contribution in [0.4, 0.5) is 0 Å². The second-order valence-electron chi connectivity index (χ2n) is 5.81. The Labute approximate surface area is 119 Å². The van der Waals surface area contributed by atoms with Crippen molar-refractivity contribution in [1.82, 2.24) is 14.5 Å². The molecule has 2 atom stereocenters. The van der Waals surface area contributed by atoms with Gasteiger partial charge in [-0.1, -0.05) is 6.07 Å². The average molecular weight is 271 g/mol. The van der Waals surface area contributed by atoms with Crippen LogP contribution in [0, 0.1) is 0 Å². The molecule has 4 nitrogen and oxygen atoms in total. The molecule has 2 heterocycles. The van der Waals surface area contributed by atoms with Crippen molar-refractivity contribution >= 4 is 0 Å². The Bertz CT molecular complexity index is 591. The molecule has 0 saturated heterocycles. The molecule has 2 aromatic heterocycles. The summed E-state index contributed by atoms with van der Waals surface area (Å²) in [6, 6.07) is 4.40. The van der Waals surface area contributed by atoms with E-state index in [1.54, 1.807) is 12.5 Å². The number of pyridine rings is 1. The fourth-order valence-electron chi connectivity index (χ4n) is 3.13. The largest absolute Gasteiger partial charge is 0.386 e. The molecule has 0 saturated carbocycles. The molecule has 0 aliphatic heterocycles. The summed E-state index contributed by atoms with van der Waals surface area (Å²) in [4.78, 5) is 8.71. The van der Waals surface area contributed by atoms with Gasteiger partial charge in [0.2, 0.25) is 0 Å². The van der Waals surface area contributed by atoms with Gasteiger partial charge in [-0.25, -0.2) is 4.98 Å². The van der Waals surface area contributed by atoms with E-state index in [4.69, 9.17) is 0 Å². The molecule has 0 amide bonds. The summed E-state index contributed by atoms with van der Waals surface area (Å²) in [6.07, 6.45) is 8.02. The highest BCUT2D eigenvalue weighted by Gasteiger charge is 2.30. The van der Waals surface area contributed by atoms with Crippen LogP contribution in [-0.2, 0) is 6.42 Å². The molecule has 1 N–H and O–H groups in total. The monoisotopic (exact) mass is 271 g/mol. The molecular formula is C16H21N3O. The maximum atomic E-state index is 10.8. The number of fused-ring (bicyclic) bond motifs is 1. The number of aliphatic hydroxyl groups excluding tert-OH is 1. The Hall–Kier alpha value is -1.68. The van der Waals surface area contributed by atoms with Crippen LogP contribution >= 0.6 is 0 Å². The van der Waals surface area contributed by atoms with E-state index in [0.717, 1.165) is 30.7 Å². The van der Waals surface area contributed by atoms with Gasteiger partial charge in [0.05, 0.1) is 18.2 Å². The number of aryl methyl sites for hydroxylation is 1. The third-order valence-electron chi connectivity index (χ3n) is 4.18. The van der Waals surface area contributed by atoms with Crippen LogP contribution in [0.25, 0.3) is 0 Å². The highest BCUT2D eigenvalue weighted by molar-refractivity contribution is 5.28. The predicted molar refractivity (Wildman–Crippen MR) is 77.5 cm³/mol. The molecule has 0 aromatic carbocycles. The normalized spacial score (nSPS) is 19.9. The molecule has 2 unspecified atom stereocenters. The van der Waals surface area contributed by atoms with Crippen LogP contribution in [0.2, 0.25) is 0 Å². The van der Waals surface area contributed by atoms with Crippen molar-refractivity contribution in [3.63, 3.8) is 0 Å². The van der Waals surface area contributed by atoms with Gasteiger partial charge in [-0.3, -0.25) is 4.98 Å². The lowest BCUT2D eigenvalue weighted by atomic mass is 9.82. The van der Waals surface area contributed by atoms with E-state index in [0.29, 0.717) is 6.04 Å². The van der Waals surface area contributed by atoms with Crippen LogP contribution < -0.4 is 0 Å². The highest BCUT2D eigenvalue weighted by atomic mass is 16.3. The number of imidazole rings is 1. The number of nitrogens with zero attached hydrogens (tertiary/aromatic N) is 3. The van der Waals surface area contributed by atoms with Gasteiger partial charge in [0, 0.05) is 23.9 Å². The molecule has 0 bridgehead atoms. The third-order valence-corrected chi connectivity index (χ3v) is 4.18. The summed E-state index contributed by atoms with van der Waals surface area (Å²) in [5, 5.41) is 10.8. The van der Waals surface area contributed by atoms with Gasteiger partial charge in [-0.15, -0.1) is 0 Å². The van der Waals surface area contributed by atoms with Gasteiger partial charge in [0.1, 0.15) is 6.10 Å². The molecule has 20 heavy (non-hydrogen) atoms. The summed E-state index contributed by atoms with van der Waals surface area (Å²) >= 11 is 0. The van der Waals surface area contributed by atoms with Gasteiger partial charge in [-0.05, 0) is 44.7 Å². The SMILES string of the molecule is CC(C)n1cncc1C(O)C1CCCc2cccnc21. The van der Waals surface area contributed by atoms with Crippen molar-refractivity contribution in [2.75, 3.05) is 0 Å². The van der Waals surface area contributed by atoms with E-state index < -0.39 is 6.10 Å². The van der Waals surface area contributed by atoms with E-state index in [1.165, 1.54) is 5.56 Å². The number of rotatable bonds is 3. The van der Waals surface area contributed by atoms with Crippen molar-refractivity contribution in [1.29, 1.82) is 0 Å². The summed E-state index contributed by atoms with van der Waals surface area (Å²) < 4.78 is 2.04. The summed E-state index contributed by atoms with van der Waals surface area (Å²) in [5.74, 6) is 0.0779. The summed E-state index contributed by atoms with van der Waals surface area (Å²) in [7, 11) is 0. The molecule has 1 aliphatic carbocycles. The number of hydrogen-bond acceptors (Lipinski definition) is 3. The summed E-state index contributed by atoms with van der Waals surface area (Å²) in [6.45, 7) is 4.20. The van der Waals surface area contributed by atoms with Crippen LogP contribution in [0.1, 0.15) is 61.7 Å². The van der Waals surface area contributed by atoms with Crippen molar-refractivity contribution in [3.05, 3.63) is 47.8 Å². The molecule has 2 aromatic rings. The quantitative estimate of drug-likeness (QED) is 0.933. The second-order valence-corrected chi connectivity index (χ2v) is 5.81. The Kier molecular flexibility index (Phi) is 3.57. The van der Waals surface area contributed by atoms with Gasteiger partial charge < -0.3 is 9.67 Å². The van der Waals surface area contributed by atoms with Crippen LogP contribution in [-0.4, -0.2) is 19.6 Å². The van der Waals surface area contributed by atoms with Crippen LogP contribution in [0.5, 0.6) is 0 Å². The number of aliphatic hydroxyl groups is 1. The molecule has 0 radical (unpaired) electrons. The van der Waals surface area contributed by atoms with E-state index in [2.05, 4.69) is 29.9 Å². The fraction of sp³-hybridized carbons (Fsp3) is 0.500. The summed E-state index contributed by atoms with van der Waals surface area (Å²) in [5.41, 5.74) is 3.23. The van der Waals surface area contributed by atoms with Crippen molar-refractivity contribution in [2.24, 2.45) is 0 Å². The predicted octanol–water partition coefficient (Wildman–Crippen LogP) is 3.01. The van der Waals surface area contributed by atoms with Gasteiger partial charge >= 0.3 is 0 Å². The van der Waals surface area contributed by atoms with Crippen LogP contribution in [0.15, 0.2) is 30.9 Å². The Morgan fingerprint density at radius 2 is 2.25 bits per heavy atom. The first-order valence-electron chi connectivity index (χ1n) is 7.32. The maximum absolute atomic E-state index is 10.8. The Morgan fingerprint density at radius 1 is 1.40 bits per heavy atom. The third kappa shape index (κ3) is 2.24. The lowest BCUT2D eigenvalue weighted by Crippen LogP contribution is -2.21. The van der Waals surface area contributed by atoms with E-state index in [-0.39, 0.29) is 5.92 Å². The number of hydrogen-bond donors (Lipinski definition) is 1. The zero-order valence-electron chi connectivity index (χ0n) is 12.0. The minimum Gasteiger partial charge on any atom is -0.386 e. The fourth-order valence-corrected chi connectivity index (χ4v) is 3.13. The molecule has 3 rings (SSSR count). The van der Waals surface area contributed by atoms with E-state index in [9.17, 15) is 5.11 Å². The lowest BCUT2D eigenvalue weighted by molar-refractivity contribution is 0.124. The first-order valence-corrected chi connectivity index (χ1v) is 7.32. The lowest BCUT2D eigenvalue weighted by Gasteiger charge is -2.29. The average Bonchev–Trinajstić information content (AvgIpc) is 2.95. The van der Waals surface area contributed by atoms with Gasteiger partial charge in [0.15, 0.2) is 0 Å². The maximum Gasteiger partial charge on any atom is 0.104 e. The van der Waals surface area contributed by atoms with Crippen molar-refractivity contribution in [2.45, 2.75) is 51.2 Å². The second kappa shape index (κ2) is 5.37. The van der Waals surface area contributed by atoms with Gasteiger partial charge in [-0.2, -0.15) is 0 Å². The Balaban J connectivity index is 1.95. The first-order chi connectivity index (χ1) is 9.68. The molecular weight excluding hydrogens is 250 g/mol. The first kappa shape index (κ1) is 13.3. The molecule has 4 heteroatoms. The minimum absolute atomic E-state index is 0.0779. The van der Waals surface area contributed by atoms with Gasteiger partial charge in [0.25, 0.3) is 0 Å². The molecule has 0 fully saturated rings. The molecule has 1 aliphatic rings. The highest BCUT2D eigenvalue weighted by Crippen LogP contribution is 2.39. The smallest absolute Gasteiger partial charge is 0.104 e. The Morgan fingerprint density at radius 3 is 3.05 bits per heavy atom. The standard InChI is InChI=1S/C16H21N3O/c1-11(2)19-10-17-9-14(19)16(20)13-7-3-5-12-6-4-8-18-15(12)13/h4,6,8-11,13,16,20H,3,5,7H2,1-2H3. The van der Waals surface area contributed by atoms with Crippen molar-refractivity contribution < 1.29 is 5.11 Å². The topological polar surface area (TPSA) is 50.9 Å². The van der Waals surface area contributed by atoms with E-state index in [1.807, 2.05) is 16.8 Å². The zero-order valence-corrected chi connectivity index (χ0v) is 12.0. The number of aromatic nitrogens is 3. The van der Waals surface area contributed by atoms with E-state index >= 15 is 0 Å². The molecule has 0 spiro atoms. The molecule has 106 valence electrons. The minimum atomic E-state index is -0.533. The van der Waals surface area contributed by atoms with Crippen LogP contribution in [0.3, 0.4) is 0 Å². The zero-order chi connectivity index (χ0) is 14.1.